The normalized spacial score (nSPS) is 43.5. The molecule has 5 atom stereocenters. The van der Waals surface area contributed by atoms with Crippen LogP contribution < -0.4 is 0 Å². The molecule has 4 fully saturated rings. The summed E-state index contributed by atoms with van der Waals surface area (Å²) in [5.41, 5.74) is 1.23. The minimum absolute atomic E-state index is 0.0848. The van der Waals surface area contributed by atoms with Gasteiger partial charge in [0.2, 0.25) is 10.0 Å². The van der Waals surface area contributed by atoms with E-state index in [4.69, 9.17) is 4.74 Å². The van der Waals surface area contributed by atoms with Gasteiger partial charge in [0.15, 0.2) is 0 Å². The van der Waals surface area contributed by atoms with E-state index in [1.165, 1.54) is 12.0 Å². The van der Waals surface area contributed by atoms with Gasteiger partial charge in [-0.1, -0.05) is 44.2 Å². The minimum Gasteiger partial charge on any atom is -0.361 e. The van der Waals surface area contributed by atoms with Crippen molar-refractivity contribution in [2.45, 2.75) is 64.1 Å². The van der Waals surface area contributed by atoms with Gasteiger partial charge in [-0.25, -0.2) is 8.42 Å². The summed E-state index contributed by atoms with van der Waals surface area (Å²) in [5, 5.41) is 0. The number of fused-ring (bicyclic) bond motifs is 1. The Hall–Kier alpha value is -0.910. The van der Waals surface area contributed by atoms with Crippen molar-refractivity contribution in [2.24, 2.45) is 16.7 Å². The Balaban J connectivity index is 1.56. The summed E-state index contributed by atoms with van der Waals surface area (Å²) in [4.78, 5) is 0. The van der Waals surface area contributed by atoms with E-state index in [0.717, 1.165) is 25.7 Å². The second-order valence-electron chi connectivity index (χ2n) is 9.37. The lowest BCUT2D eigenvalue weighted by atomic mass is 9.69. The number of ether oxygens (including phenoxy) is 1. The first-order valence-corrected chi connectivity index (χ1v) is 11.7. The second-order valence-corrected chi connectivity index (χ2v) is 11.2. The maximum Gasteiger partial charge on any atom is 0.217 e. The Kier molecular flexibility index (Phi) is 3.68. The van der Waals surface area contributed by atoms with Crippen molar-refractivity contribution in [3.8, 4) is 0 Å². The molecule has 4 nitrogen and oxygen atoms in total. The van der Waals surface area contributed by atoms with Crippen LogP contribution in [-0.2, 0) is 14.8 Å². The zero-order valence-electron chi connectivity index (χ0n) is 15.7. The van der Waals surface area contributed by atoms with E-state index in [0.29, 0.717) is 18.3 Å². The fourth-order valence-electron chi connectivity index (χ4n) is 6.70. The van der Waals surface area contributed by atoms with E-state index >= 15 is 0 Å². The third-order valence-corrected chi connectivity index (χ3v) is 10.2. The molecule has 2 saturated carbocycles. The van der Waals surface area contributed by atoms with Gasteiger partial charge in [-0.05, 0) is 49.0 Å². The molecule has 1 aromatic carbocycles. The molecule has 5 rings (SSSR count). The van der Waals surface area contributed by atoms with Crippen LogP contribution in [0.3, 0.4) is 0 Å². The maximum atomic E-state index is 13.4. The minimum atomic E-state index is -3.29. The molecule has 0 N–H and O–H groups in total. The van der Waals surface area contributed by atoms with Crippen LogP contribution in [0.1, 0.15) is 57.4 Å². The smallest absolute Gasteiger partial charge is 0.217 e. The van der Waals surface area contributed by atoms with Crippen molar-refractivity contribution >= 4 is 10.0 Å². The molecule has 26 heavy (non-hydrogen) atoms. The molecule has 0 amide bonds. The molecule has 2 heterocycles. The number of hydrogen-bond donors (Lipinski definition) is 0. The fraction of sp³-hybridized carbons (Fsp3) is 0.714. The first-order chi connectivity index (χ1) is 12.4. The van der Waals surface area contributed by atoms with Gasteiger partial charge in [-0.3, -0.25) is 0 Å². The van der Waals surface area contributed by atoms with Crippen LogP contribution >= 0.6 is 0 Å². The summed E-state index contributed by atoms with van der Waals surface area (Å²) in [6.45, 7) is 5.27. The van der Waals surface area contributed by atoms with E-state index < -0.39 is 10.0 Å². The molecule has 0 radical (unpaired) electrons. The van der Waals surface area contributed by atoms with E-state index in [2.05, 4.69) is 26.0 Å². The number of nitrogens with zero attached hydrogens (tertiary/aromatic N) is 1. The SMILES string of the molecule is CC1(C)[C@H]2CC[C@@]13CS(=O)(=O)N([C@H]1OCCC[C@H]1c1ccccc1)[C@H]3C2. The number of rotatable bonds is 2. The lowest BCUT2D eigenvalue weighted by Crippen LogP contribution is -2.50. The van der Waals surface area contributed by atoms with Gasteiger partial charge >= 0.3 is 0 Å². The second kappa shape index (κ2) is 5.55. The summed E-state index contributed by atoms with van der Waals surface area (Å²) in [5.74, 6) is 1.09. The van der Waals surface area contributed by atoms with Gasteiger partial charge in [0.25, 0.3) is 0 Å². The topological polar surface area (TPSA) is 46.6 Å². The van der Waals surface area contributed by atoms with Crippen LogP contribution in [0.15, 0.2) is 30.3 Å². The first kappa shape index (κ1) is 17.2. The summed E-state index contributed by atoms with van der Waals surface area (Å²) < 4.78 is 34.8. The summed E-state index contributed by atoms with van der Waals surface area (Å²) >= 11 is 0. The predicted octanol–water partition coefficient (Wildman–Crippen LogP) is 3.75. The van der Waals surface area contributed by atoms with E-state index in [1.54, 1.807) is 0 Å². The molecule has 1 spiro atoms. The highest BCUT2D eigenvalue weighted by Gasteiger charge is 2.72. The third-order valence-electron chi connectivity index (χ3n) is 8.23. The third kappa shape index (κ3) is 2.11. The van der Waals surface area contributed by atoms with E-state index in [9.17, 15) is 8.42 Å². The lowest BCUT2D eigenvalue weighted by molar-refractivity contribution is -0.0867. The number of benzene rings is 1. The van der Waals surface area contributed by atoms with E-state index in [1.807, 2.05) is 22.5 Å². The molecule has 142 valence electrons. The van der Waals surface area contributed by atoms with Crippen LogP contribution in [0.25, 0.3) is 0 Å². The van der Waals surface area contributed by atoms with Crippen LogP contribution in [0.5, 0.6) is 0 Å². The van der Waals surface area contributed by atoms with Crippen LogP contribution in [0, 0.1) is 16.7 Å². The Morgan fingerprint density at radius 1 is 1.15 bits per heavy atom. The summed E-state index contributed by atoms with van der Waals surface area (Å²) in [7, 11) is -3.29. The van der Waals surface area contributed by atoms with Gasteiger partial charge in [-0.2, -0.15) is 4.31 Å². The summed E-state index contributed by atoms with van der Waals surface area (Å²) in [6, 6.07) is 10.5. The molecule has 2 aliphatic heterocycles. The molecule has 2 aliphatic carbocycles. The van der Waals surface area contributed by atoms with Crippen molar-refractivity contribution in [1.29, 1.82) is 0 Å². The zero-order valence-corrected chi connectivity index (χ0v) is 16.5. The van der Waals surface area contributed by atoms with Gasteiger partial charge in [0.1, 0.15) is 6.23 Å². The Morgan fingerprint density at radius 3 is 2.65 bits per heavy atom. The van der Waals surface area contributed by atoms with Gasteiger partial charge < -0.3 is 4.74 Å². The largest absolute Gasteiger partial charge is 0.361 e. The molecule has 1 aromatic rings. The highest BCUT2D eigenvalue weighted by molar-refractivity contribution is 7.89. The first-order valence-electron chi connectivity index (χ1n) is 10.0. The van der Waals surface area contributed by atoms with Gasteiger partial charge in [0, 0.05) is 24.0 Å². The molecular weight excluding hydrogens is 346 g/mol. The quantitative estimate of drug-likeness (QED) is 0.791. The van der Waals surface area contributed by atoms with Crippen LogP contribution in [0.2, 0.25) is 0 Å². The van der Waals surface area contributed by atoms with Crippen molar-refractivity contribution in [2.75, 3.05) is 12.4 Å². The monoisotopic (exact) mass is 375 g/mol. The molecule has 0 unspecified atom stereocenters. The average molecular weight is 376 g/mol. The molecule has 0 aromatic heterocycles. The van der Waals surface area contributed by atoms with Crippen LogP contribution in [-0.4, -0.2) is 37.4 Å². The molecular formula is C21H29NO3S. The maximum absolute atomic E-state index is 13.4. The summed E-state index contributed by atoms with van der Waals surface area (Å²) in [6.07, 6.45) is 4.89. The predicted molar refractivity (Wildman–Crippen MR) is 101 cm³/mol. The highest BCUT2D eigenvalue weighted by Crippen LogP contribution is 2.70. The molecule has 2 bridgehead atoms. The van der Waals surface area contributed by atoms with Crippen molar-refractivity contribution < 1.29 is 13.2 Å². The fourth-order valence-corrected chi connectivity index (χ4v) is 9.41. The van der Waals surface area contributed by atoms with Gasteiger partial charge in [-0.15, -0.1) is 0 Å². The Bertz CT molecular complexity index is 806. The molecule has 5 heteroatoms. The van der Waals surface area contributed by atoms with Crippen molar-refractivity contribution in [3.63, 3.8) is 0 Å². The van der Waals surface area contributed by atoms with Crippen LogP contribution in [0.4, 0.5) is 0 Å². The number of hydrogen-bond acceptors (Lipinski definition) is 3. The van der Waals surface area contributed by atoms with Crippen molar-refractivity contribution in [1.82, 2.24) is 4.31 Å². The average Bonchev–Trinajstić information content (AvgIpc) is 3.10. The lowest BCUT2D eigenvalue weighted by Gasteiger charge is -2.42. The molecule has 4 aliphatic rings. The standard InChI is InChI=1S/C21H29NO3S/c1-20(2)16-10-11-21(20)14-26(23,24)22(18(21)13-16)19-17(9-6-12-25-19)15-7-4-3-5-8-15/h3-5,7-8,16-19H,6,9-14H2,1-2H3/t16-,17-,18-,19-,21-/m0/s1. The Morgan fingerprint density at radius 2 is 1.92 bits per heavy atom. The molecule has 2 saturated heterocycles. The van der Waals surface area contributed by atoms with Gasteiger partial charge in [0.05, 0.1) is 5.75 Å². The zero-order chi connectivity index (χ0) is 18.2. The number of sulfonamides is 1. The highest BCUT2D eigenvalue weighted by atomic mass is 32.2. The van der Waals surface area contributed by atoms with Crippen molar-refractivity contribution in [3.05, 3.63) is 35.9 Å². The van der Waals surface area contributed by atoms with E-state index in [-0.39, 0.29) is 29.0 Å². The Labute approximate surface area is 157 Å².